The highest BCUT2D eigenvalue weighted by Crippen LogP contribution is 2.14. The second-order valence-corrected chi connectivity index (χ2v) is 6.50. The fourth-order valence-corrected chi connectivity index (χ4v) is 3.06. The molecule has 1 aliphatic rings. The number of amides is 1. The van der Waals surface area contributed by atoms with Crippen molar-refractivity contribution >= 4 is 17.6 Å². The molecule has 1 amide bonds. The molecular weight excluding hydrogens is 346 g/mol. The Morgan fingerprint density at radius 2 is 1.70 bits per heavy atom. The predicted octanol–water partition coefficient (Wildman–Crippen LogP) is 2.10. The van der Waals surface area contributed by atoms with Crippen LogP contribution in [0.3, 0.4) is 0 Å². The van der Waals surface area contributed by atoms with E-state index in [1.165, 1.54) is 5.56 Å². The van der Waals surface area contributed by atoms with Gasteiger partial charge in [0.25, 0.3) is 0 Å². The van der Waals surface area contributed by atoms with Crippen LogP contribution in [0.5, 0.6) is 0 Å². The minimum absolute atomic E-state index is 0.181. The Morgan fingerprint density at radius 1 is 1.04 bits per heavy atom. The lowest BCUT2D eigenvalue weighted by atomic mass is 10.1. The summed E-state index contributed by atoms with van der Waals surface area (Å²) in [5.74, 6) is -0.616. The number of carbonyl (C=O) groups is 2. The molecule has 0 saturated carbocycles. The minimum Gasteiger partial charge on any atom is -0.468 e. The first-order valence-corrected chi connectivity index (χ1v) is 9.18. The van der Waals surface area contributed by atoms with Crippen LogP contribution in [0.15, 0.2) is 47.1 Å². The molecule has 0 atom stereocenters. The fourth-order valence-electron chi connectivity index (χ4n) is 3.06. The molecule has 3 rings (SSSR count). The molecule has 7 nitrogen and oxygen atoms in total. The van der Waals surface area contributed by atoms with Crippen LogP contribution < -0.4 is 5.32 Å². The lowest BCUT2D eigenvalue weighted by Gasteiger charge is -2.34. The molecule has 1 aliphatic heterocycles. The molecule has 1 fully saturated rings. The number of benzene rings is 1. The van der Waals surface area contributed by atoms with Crippen molar-refractivity contribution in [2.24, 2.45) is 0 Å². The summed E-state index contributed by atoms with van der Waals surface area (Å²) in [6.45, 7) is 7.58. The van der Waals surface area contributed by atoms with Gasteiger partial charge in [0.2, 0.25) is 0 Å². The molecule has 27 heavy (non-hydrogen) atoms. The molecule has 144 valence electrons. The average molecular weight is 371 g/mol. The number of hydrogen-bond donors (Lipinski definition) is 1. The SMILES string of the molecule is CCOC(=O)C(=O)Nc1ccc(CN2CCN(Cc3ccco3)CC2)cc1. The zero-order valence-corrected chi connectivity index (χ0v) is 15.5. The minimum atomic E-state index is -0.867. The van der Waals surface area contributed by atoms with Gasteiger partial charge in [-0.2, -0.15) is 0 Å². The monoisotopic (exact) mass is 371 g/mol. The zero-order valence-electron chi connectivity index (χ0n) is 15.5. The van der Waals surface area contributed by atoms with Crippen molar-refractivity contribution < 1.29 is 18.7 Å². The highest BCUT2D eigenvalue weighted by Gasteiger charge is 2.18. The number of nitrogens with zero attached hydrogens (tertiary/aromatic N) is 2. The number of esters is 1. The quantitative estimate of drug-likeness (QED) is 0.619. The highest BCUT2D eigenvalue weighted by molar-refractivity contribution is 6.37. The van der Waals surface area contributed by atoms with E-state index in [2.05, 4.69) is 19.9 Å². The first kappa shape index (κ1) is 19.1. The van der Waals surface area contributed by atoms with E-state index in [-0.39, 0.29) is 6.61 Å². The molecule has 2 heterocycles. The molecule has 1 aromatic heterocycles. The van der Waals surface area contributed by atoms with Crippen molar-refractivity contribution in [3.05, 3.63) is 54.0 Å². The third-order valence-corrected chi connectivity index (χ3v) is 4.50. The summed E-state index contributed by atoms with van der Waals surface area (Å²) in [7, 11) is 0. The lowest BCUT2D eigenvalue weighted by Crippen LogP contribution is -2.45. The van der Waals surface area contributed by atoms with Gasteiger partial charge < -0.3 is 14.5 Å². The first-order chi connectivity index (χ1) is 13.1. The maximum Gasteiger partial charge on any atom is 0.397 e. The van der Waals surface area contributed by atoms with Crippen LogP contribution in [0, 0.1) is 0 Å². The fraction of sp³-hybridized carbons (Fsp3) is 0.400. The van der Waals surface area contributed by atoms with Gasteiger partial charge in [-0.3, -0.25) is 14.6 Å². The summed E-state index contributed by atoms with van der Waals surface area (Å²) < 4.78 is 10.1. The molecule has 0 radical (unpaired) electrons. The predicted molar refractivity (Wildman–Crippen MR) is 101 cm³/mol. The maximum atomic E-state index is 11.6. The standard InChI is InChI=1S/C20H25N3O4/c1-2-26-20(25)19(24)21-17-7-5-16(6-8-17)14-22-9-11-23(12-10-22)15-18-4-3-13-27-18/h3-8,13H,2,9-12,14-15H2,1H3,(H,21,24). The Balaban J connectivity index is 1.43. The van der Waals surface area contributed by atoms with Gasteiger partial charge in [0.15, 0.2) is 0 Å². The number of rotatable bonds is 6. The van der Waals surface area contributed by atoms with Gasteiger partial charge in [-0.1, -0.05) is 12.1 Å². The number of ether oxygens (including phenoxy) is 1. The summed E-state index contributed by atoms with van der Waals surface area (Å²) in [5.41, 5.74) is 1.75. The number of nitrogens with one attached hydrogen (secondary N) is 1. The smallest absolute Gasteiger partial charge is 0.397 e. The largest absolute Gasteiger partial charge is 0.468 e. The van der Waals surface area contributed by atoms with E-state index in [1.54, 1.807) is 25.3 Å². The van der Waals surface area contributed by atoms with E-state index in [4.69, 9.17) is 4.42 Å². The van der Waals surface area contributed by atoms with Crippen molar-refractivity contribution in [3.8, 4) is 0 Å². The van der Waals surface area contributed by atoms with Crippen molar-refractivity contribution in [1.82, 2.24) is 9.80 Å². The molecule has 0 aliphatic carbocycles. The van der Waals surface area contributed by atoms with Gasteiger partial charge in [0.05, 0.1) is 19.4 Å². The topological polar surface area (TPSA) is 75.0 Å². The van der Waals surface area contributed by atoms with Crippen LogP contribution in [0.25, 0.3) is 0 Å². The van der Waals surface area contributed by atoms with E-state index in [9.17, 15) is 9.59 Å². The molecule has 2 aromatic rings. The van der Waals surface area contributed by atoms with Gasteiger partial charge in [0, 0.05) is 38.4 Å². The number of carbonyl (C=O) groups excluding carboxylic acids is 2. The molecule has 7 heteroatoms. The van der Waals surface area contributed by atoms with Crippen molar-refractivity contribution in [2.75, 3.05) is 38.1 Å². The van der Waals surface area contributed by atoms with E-state index < -0.39 is 11.9 Å². The molecular formula is C20H25N3O4. The van der Waals surface area contributed by atoms with E-state index in [1.807, 2.05) is 24.3 Å². The van der Waals surface area contributed by atoms with Crippen LogP contribution in [-0.4, -0.2) is 54.5 Å². The molecule has 1 N–H and O–H groups in total. The van der Waals surface area contributed by atoms with Crippen LogP contribution >= 0.6 is 0 Å². The van der Waals surface area contributed by atoms with Gasteiger partial charge in [-0.05, 0) is 36.8 Å². The van der Waals surface area contributed by atoms with Gasteiger partial charge >= 0.3 is 11.9 Å². The van der Waals surface area contributed by atoms with Crippen molar-refractivity contribution in [2.45, 2.75) is 20.0 Å². The van der Waals surface area contributed by atoms with Gasteiger partial charge in [-0.25, -0.2) is 4.79 Å². The number of anilines is 1. The van der Waals surface area contributed by atoms with Gasteiger partial charge in [0.1, 0.15) is 5.76 Å². The molecule has 1 saturated heterocycles. The molecule has 0 spiro atoms. The average Bonchev–Trinajstić information content (AvgIpc) is 3.18. The lowest BCUT2D eigenvalue weighted by molar-refractivity contribution is -0.152. The summed E-state index contributed by atoms with van der Waals surface area (Å²) in [6.07, 6.45) is 1.71. The Hall–Kier alpha value is -2.64. The molecule has 1 aromatic carbocycles. The Bertz CT molecular complexity index is 735. The Labute approximate surface area is 158 Å². The van der Waals surface area contributed by atoms with E-state index in [0.29, 0.717) is 5.69 Å². The number of piperazine rings is 1. The van der Waals surface area contributed by atoms with Crippen LogP contribution in [0.2, 0.25) is 0 Å². The van der Waals surface area contributed by atoms with Crippen molar-refractivity contribution in [1.29, 1.82) is 0 Å². The summed E-state index contributed by atoms with van der Waals surface area (Å²) in [6, 6.07) is 11.5. The second kappa shape index (κ2) is 9.34. The first-order valence-electron chi connectivity index (χ1n) is 9.18. The highest BCUT2D eigenvalue weighted by atomic mass is 16.5. The summed E-state index contributed by atoms with van der Waals surface area (Å²) in [4.78, 5) is 27.8. The Kier molecular flexibility index (Phi) is 6.62. The summed E-state index contributed by atoms with van der Waals surface area (Å²) >= 11 is 0. The third kappa shape index (κ3) is 5.67. The third-order valence-electron chi connectivity index (χ3n) is 4.50. The van der Waals surface area contributed by atoms with Crippen LogP contribution in [0.4, 0.5) is 5.69 Å². The van der Waals surface area contributed by atoms with Crippen LogP contribution in [0.1, 0.15) is 18.2 Å². The Morgan fingerprint density at radius 3 is 2.30 bits per heavy atom. The normalized spacial score (nSPS) is 15.4. The number of hydrogen-bond acceptors (Lipinski definition) is 6. The van der Waals surface area contributed by atoms with E-state index in [0.717, 1.165) is 45.0 Å². The zero-order chi connectivity index (χ0) is 19.1. The molecule has 0 bridgehead atoms. The maximum absolute atomic E-state index is 11.6. The van der Waals surface area contributed by atoms with Gasteiger partial charge in [-0.15, -0.1) is 0 Å². The second-order valence-electron chi connectivity index (χ2n) is 6.50. The van der Waals surface area contributed by atoms with E-state index >= 15 is 0 Å². The van der Waals surface area contributed by atoms with Crippen molar-refractivity contribution in [3.63, 3.8) is 0 Å². The molecule has 0 unspecified atom stereocenters. The summed E-state index contributed by atoms with van der Waals surface area (Å²) in [5, 5.41) is 2.54. The van der Waals surface area contributed by atoms with Crippen LogP contribution in [-0.2, 0) is 27.4 Å². The number of furan rings is 1.